The van der Waals surface area contributed by atoms with Gasteiger partial charge < -0.3 is 14.2 Å². The van der Waals surface area contributed by atoms with Crippen molar-refractivity contribution in [1.82, 2.24) is 0 Å². The van der Waals surface area contributed by atoms with Crippen LogP contribution in [-0.4, -0.2) is 48.8 Å². The van der Waals surface area contributed by atoms with Crippen molar-refractivity contribution in [2.45, 2.75) is 26.4 Å². The minimum atomic E-state index is -4.30. The SMILES string of the molecule is CC(C)(C)OC(=O)c1ccccc1C(=O)Oc1c(I)cc(I)c(C(=O)OCCS(=O)(=O)O)c1I. The minimum absolute atomic E-state index is 0.0146. The van der Waals surface area contributed by atoms with Gasteiger partial charge in [0.15, 0.2) is 5.75 Å². The molecule has 9 nitrogen and oxygen atoms in total. The molecule has 0 spiro atoms. The van der Waals surface area contributed by atoms with Crippen molar-refractivity contribution in [2.75, 3.05) is 12.4 Å². The second-order valence-electron chi connectivity index (χ2n) is 7.72. The molecule has 0 bridgehead atoms. The zero-order chi connectivity index (χ0) is 25.8. The third kappa shape index (κ3) is 8.27. The predicted molar refractivity (Wildman–Crippen MR) is 148 cm³/mol. The number of rotatable bonds is 7. The number of esters is 3. The Bertz CT molecular complexity index is 1230. The maximum atomic E-state index is 13.0. The molecule has 0 saturated carbocycles. The van der Waals surface area contributed by atoms with E-state index in [1.807, 2.05) is 67.8 Å². The van der Waals surface area contributed by atoms with Crippen LogP contribution in [0.5, 0.6) is 5.75 Å². The monoisotopic (exact) mass is 828 g/mol. The molecule has 0 amide bonds. The van der Waals surface area contributed by atoms with Gasteiger partial charge in [-0.15, -0.1) is 0 Å². The van der Waals surface area contributed by atoms with Crippen LogP contribution in [0.2, 0.25) is 0 Å². The molecule has 0 aliphatic heterocycles. The summed E-state index contributed by atoms with van der Waals surface area (Å²) in [5.74, 6) is -3.04. The molecule has 184 valence electrons. The highest BCUT2D eigenvalue weighted by Crippen LogP contribution is 2.35. The van der Waals surface area contributed by atoms with Gasteiger partial charge in [0.05, 0.1) is 23.8 Å². The molecule has 0 atom stereocenters. The van der Waals surface area contributed by atoms with Crippen molar-refractivity contribution in [1.29, 1.82) is 0 Å². The van der Waals surface area contributed by atoms with E-state index in [2.05, 4.69) is 0 Å². The van der Waals surface area contributed by atoms with Crippen LogP contribution in [0.3, 0.4) is 0 Å². The summed E-state index contributed by atoms with van der Waals surface area (Å²) in [6.07, 6.45) is 0. The number of carbonyl (C=O) groups is 3. The van der Waals surface area contributed by atoms with E-state index in [4.69, 9.17) is 18.8 Å². The van der Waals surface area contributed by atoms with Gasteiger partial charge in [-0.1, -0.05) is 12.1 Å². The highest BCUT2D eigenvalue weighted by Gasteiger charge is 2.27. The molecule has 0 saturated heterocycles. The molecule has 0 aliphatic rings. The Balaban J connectivity index is 2.36. The van der Waals surface area contributed by atoms with E-state index >= 15 is 0 Å². The number of halogens is 3. The molecule has 13 heteroatoms. The van der Waals surface area contributed by atoms with Gasteiger partial charge in [-0.2, -0.15) is 8.42 Å². The maximum absolute atomic E-state index is 13.0. The number of hydrogen-bond acceptors (Lipinski definition) is 8. The zero-order valence-electron chi connectivity index (χ0n) is 18.1. The second-order valence-corrected chi connectivity index (χ2v) is 12.7. The van der Waals surface area contributed by atoms with E-state index < -0.39 is 46.0 Å². The molecule has 34 heavy (non-hydrogen) atoms. The van der Waals surface area contributed by atoms with E-state index in [1.165, 1.54) is 12.1 Å². The van der Waals surface area contributed by atoms with E-state index in [0.717, 1.165) is 0 Å². The Morgan fingerprint density at radius 1 is 0.941 bits per heavy atom. The number of hydrogen-bond donors (Lipinski definition) is 1. The summed E-state index contributed by atoms with van der Waals surface area (Å²) in [4.78, 5) is 38.1. The number of carbonyl (C=O) groups excluding carboxylic acids is 3. The fourth-order valence-electron chi connectivity index (χ4n) is 2.48. The Kier molecular flexibility index (Phi) is 10.1. The maximum Gasteiger partial charge on any atom is 0.344 e. The quantitative estimate of drug-likeness (QED) is 0.182. The van der Waals surface area contributed by atoms with Crippen LogP contribution in [-0.2, 0) is 19.6 Å². The van der Waals surface area contributed by atoms with Gasteiger partial charge in [0.2, 0.25) is 0 Å². The van der Waals surface area contributed by atoms with Crippen molar-refractivity contribution in [3.8, 4) is 5.75 Å². The lowest BCUT2D eigenvalue weighted by Gasteiger charge is -2.20. The fourth-order valence-corrected chi connectivity index (χ4v) is 6.81. The summed E-state index contributed by atoms with van der Waals surface area (Å²) < 4.78 is 47.7. The van der Waals surface area contributed by atoms with Crippen LogP contribution in [0.15, 0.2) is 30.3 Å². The lowest BCUT2D eigenvalue weighted by atomic mass is 10.1. The molecular formula is C21H19I3O9S. The van der Waals surface area contributed by atoms with Crippen LogP contribution in [0.1, 0.15) is 51.8 Å². The molecule has 2 rings (SSSR count). The molecule has 0 heterocycles. The number of ether oxygens (including phenoxy) is 3. The average Bonchev–Trinajstić information content (AvgIpc) is 2.68. The first-order valence-electron chi connectivity index (χ1n) is 9.45. The Morgan fingerprint density at radius 3 is 2.03 bits per heavy atom. The summed E-state index contributed by atoms with van der Waals surface area (Å²) in [7, 11) is -4.30. The van der Waals surface area contributed by atoms with Gasteiger partial charge in [-0.25, -0.2) is 14.4 Å². The second kappa shape index (κ2) is 11.8. The highest BCUT2D eigenvalue weighted by molar-refractivity contribution is 14.1. The van der Waals surface area contributed by atoms with Crippen molar-refractivity contribution < 1.29 is 41.6 Å². The summed E-state index contributed by atoms with van der Waals surface area (Å²) in [5.41, 5.74) is -0.679. The average molecular weight is 828 g/mol. The largest absolute Gasteiger partial charge is 0.461 e. The molecule has 2 aromatic rings. The van der Waals surface area contributed by atoms with Crippen molar-refractivity contribution in [3.63, 3.8) is 0 Å². The smallest absolute Gasteiger partial charge is 0.344 e. The van der Waals surface area contributed by atoms with Crippen LogP contribution in [0.25, 0.3) is 0 Å². The topological polar surface area (TPSA) is 133 Å². The van der Waals surface area contributed by atoms with Crippen LogP contribution < -0.4 is 4.74 Å². The Labute approximate surface area is 237 Å². The van der Waals surface area contributed by atoms with E-state index in [1.54, 1.807) is 39.0 Å². The first kappa shape index (κ1) is 29.2. The van der Waals surface area contributed by atoms with E-state index in [-0.39, 0.29) is 26.0 Å². The number of benzene rings is 2. The predicted octanol–water partition coefficient (Wildman–Crippen LogP) is 4.72. The van der Waals surface area contributed by atoms with Gasteiger partial charge in [0, 0.05) is 3.57 Å². The summed E-state index contributed by atoms with van der Waals surface area (Å²) in [6.45, 7) is 4.57. The van der Waals surface area contributed by atoms with Gasteiger partial charge in [-0.05, 0) is 107 Å². The van der Waals surface area contributed by atoms with E-state index in [9.17, 15) is 22.8 Å². The molecule has 1 N–H and O–H groups in total. The molecule has 0 unspecified atom stereocenters. The lowest BCUT2D eigenvalue weighted by Crippen LogP contribution is -2.26. The molecular weight excluding hydrogens is 809 g/mol. The van der Waals surface area contributed by atoms with Gasteiger partial charge in [-0.3, -0.25) is 4.55 Å². The fraction of sp³-hybridized carbons (Fsp3) is 0.286. The molecule has 0 aliphatic carbocycles. The highest BCUT2D eigenvalue weighted by atomic mass is 127. The van der Waals surface area contributed by atoms with E-state index in [0.29, 0.717) is 7.14 Å². The summed E-state index contributed by atoms with van der Waals surface area (Å²) in [5, 5.41) is 0. The lowest BCUT2D eigenvalue weighted by molar-refractivity contribution is 0.00660. The van der Waals surface area contributed by atoms with Crippen LogP contribution in [0, 0.1) is 10.7 Å². The minimum Gasteiger partial charge on any atom is -0.461 e. The standard InChI is InChI=1S/C21H19I3O9S/c1-21(2,3)33-19(26)12-7-5-4-6-11(12)18(25)32-17-14(23)10-13(22)15(16(17)24)20(27)31-8-9-34(28,29)30/h4-7,10H,8-9H2,1-3H3,(H,28,29,30). The molecule has 0 aromatic heterocycles. The first-order chi connectivity index (χ1) is 15.6. The first-order valence-corrected chi connectivity index (χ1v) is 14.3. The zero-order valence-corrected chi connectivity index (χ0v) is 25.3. The van der Waals surface area contributed by atoms with Crippen LogP contribution in [0.4, 0.5) is 0 Å². The van der Waals surface area contributed by atoms with Gasteiger partial charge in [0.1, 0.15) is 18.0 Å². The summed E-state index contributed by atoms with van der Waals surface area (Å²) >= 11 is 5.66. The molecule has 0 radical (unpaired) electrons. The third-order valence-corrected chi connectivity index (χ3v) is 7.23. The van der Waals surface area contributed by atoms with Crippen molar-refractivity contribution in [3.05, 3.63) is 57.7 Å². The molecule has 0 fully saturated rings. The Hall–Kier alpha value is -1.05. The van der Waals surface area contributed by atoms with Crippen LogP contribution >= 0.6 is 67.8 Å². The Morgan fingerprint density at radius 2 is 1.50 bits per heavy atom. The normalized spacial score (nSPS) is 11.6. The van der Waals surface area contributed by atoms with Gasteiger partial charge in [0.25, 0.3) is 10.1 Å². The van der Waals surface area contributed by atoms with Gasteiger partial charge >= 0.3 is 17.9 Å². The summed E-state index contributed by atoms with van der Waals surface area (Å²) in [6, 6.07) is 7.64. The molecule has 2 aromatic carbocycles. The van der Waals surface area contributed by atoms with Crippen molar-refractivity contribution >= 4 is 95.8 Å². The third-order valence-electron chi connectivity index (χ3n) is 3.87. The van der Waals surface area contributed by atoms with Crippen molar-refractivity contribution in [2.24, 2.45) is 0 Å².